The van der Waals surface area contributed by atoms with Gasteiger partial charge in [0.05, 0.1) is 0 Å². The molecule has 2 heterocycles. The summed E-state index contributed by atoms with van der Waals surface area (Å²) >= 11 is 7.47. The van der Waals surface area contributed by atoms with Gasteiger partial charge in [-0.05, 0) is 24.5 Å². The summed E-state index contributed by atoms with van der Waals surface area (Å²) in [5.41, 5.74) is 2.20. The lowest BCUT2D eigenvalue weighted by molar-refractivity contribution is 0.395. The minimum absolute atomic E-state index is 0.519. The van der Waals surface area contributed by atoms with Gasteiger partial charge in [0.2, 0.25) is 4.96 Å². The predicted octanol–water partition coefficient (Wildman–Crippen LogP) is 3.86. The molecule has 0 bridgehead atoms. The number of fused-ring (bicyclic) bond motifs is 1. The van der Waals surface area contributed by atoms with Crippen molar-refractivity contribution < 1.29 is 0 Å². The second kappa shape index (κ2) is 4.82. The highest BCUT2D eigenvalue weighted by atomic mass is 35.5. The van der Waals surface area contributed by atoms with E-state index in [1.807, 2.05) is 16.6 Å². The summed E-state index contributed by atoms with van der Waals surface area (Å²) in [7, 11) is 0. The molecule has 1 saturated carbocycles. The smallest absolute Gasteiger partial charge is 0.187 e. The number of hydrogen-bond donors (Lipinski definition) is 0. The van der Waals surface area contributed by atoms with E-state index in [2.05, 4.69) is 27.4 Å². The van der Waals surface area contributed by atoms with Gasteiger partial charge in [0, 0.05) is 17.4 Å². The molecule has 3 aromatic rings. The number of alkyl halides is 1. The summed E-state index contributed by atoms with van der Waals surface area (Å²) in [4.78, 5) is 0.873. The van der Waals surface area contributed by atoms with Gasteiger partial charge in [-0.25, -0.2) is 0 Å². The van der Waals surface area contributed by atoms with Gasteiger partial charge in [-0.1, -0.05) is 36.0 Å². The van der Waals surface area contributed by atoms with Crippen LogP contribution in [0, 0.1) is 0 Å². The predicted molar refractivity (Wildman–Crippen MR) is 80.2 cm³/mol. The van der Waals surface area contributed by atoms with Crippen LogP contribution in [0.4, 0.5) is 0 Å². The van der Waals surface area contributed by atoms with Crippen molar-refractivity contribution in [2.45, 2.75) is 31.1 Å². The van der Waals surface area contributed by atoms with Crippen molar-refractivity contribution in [2.24, 2.45) is 0 Å². The Morgan fingerprint density at radius 3 is 2.95 bits per heavy atom. The van der Waals surface area contributed by atoms with Crippen molar-refractivity contribution in [1.82, 2.24) is 19.8 Å². The van der Waals surface area contributed by atoms with Crippen molar-refractivity contribution in [1.29, 1.82) is 0 Å². The second-order valence-corrected chi connectivity index (χ2v) is 6.34. The van der Waals surface area contributed by atoms with Gasteiger partial charge in [-0.2, -0.15) is 9.61 Å². The van der Waals surface area contributed by atoms with Gasteiger partial charge in [-0.3, -0.25) is 0 Å². The zero-order chi connectivity index (χ0) is 13.5. The van der Waals surface area contributed by atoms with Crippen LogP contribution >= 0.6 is 22.9 Å². The Balaban J connectivity index is 1.78. The van der Waals surface area contributed by atoms with E-state index in [9.17, 15) is 0 Å². The quantitative estimate of drug-likeness (QED) is 0.690. The molecule has 0 radical (unpaired) electrons. The zero-order valence-corrected chi connectivity index (χ0v) is 12.4. The molecule has 0 atom stereocenters. The number of rotatable bonds is 3. The Kier molecular flexibility index (Phi) is 2.97. The maximum absolute atomic E-state index is 5.89. The van der Waals surface area contributed by atoms with Gasteiger partial charge in [0.15, 0.2) is 5.82 Å². The van der Waals surface area contributed by atoms with E-state index in [-0.39, 0.29) is 0 Å². The average molecular weight is 305 g/mol. The maximum atomic E-state index is 5.89. The third kappa shape index (κ3) is 1.93. The summed E-state index contributed by atoms with van der Waals surface area (Å²) in [6.45, 7) is 0. The monoisotopic (exact) mass is 304 g/mol. The first-order valence-electron chi connectivity index (χ1n) is 6.72. The van der Waals surface area contributed by atoms with Gasteiger partial charge < -0.3 is 0 Å². The Labute approximate surface area is 125 Å². The fourth-order valence-corrected chi connectivity index (χ4v) is 3.47. The third-order valence-electron chi connectivity index (χ3n) is 3.81. The molecule has 20 heavy (non-hydrogen) atoms. The van der Waals surface area contributed by atoms with Crippen LogP contribution in [-0.4, -0.2) is 19.8 Å². The lowest BCUT2D eigenvalue weighted by Gasteiger charge is -2.22. The lowest BCUT2D eigenvalue weighted by atomic mass is 9.85. The lowest BCUT2D eigenvalue weighted by Crippen LogP contribution is -2.12. The number of benzene rings is 1. The van der Waals surface area contributed by atoms with Crippen molar-refractivity contribution in [2.75, 3.05) is 0 Å². The zero-order valence-electron chi connectivity index (χ0n) is 10.8. The molecule has 1 aromatic carbocycles. The van der Waals surface area contributed by atoms with Crippen LogP contribution in [0.3, 0.4) is 0 Å². The Bertz CT molecular complexity index is 759. The highest BCUT2D eigenvalue weighted by Gasteiger charge is 2.26. The summed E-state index contributed by atoms with van der Waals surface area (Å²) in [6.07, 6.45) is 3.69. The van der Waals surface area contributed by atoms with Crippen molar-refractivity contribution in [3.8, 4) is 10.6 Å². The molecule has 1 aliphatic rings. The van der Waals surface area contributed by atoms with E-state index in [0.717, 1.165) is 26.9 Å². The second-order valence-electron chi connectivity index (χ2n) is 5.12. The molecule has 102 valence electrons. The largest absolute Gasteiger partial charge is 0.234 e. The first-order valence-corrected chi connectivity index (χ1v) is 8.07. The summed E-state index contributed by atoms with van der Waals surface area (Å²) in [5.74, 6) is 2.07. The molecular weight excluding hydrogens is 292 g/mol. The molecule has 4 nitrogen and oxygen atoms in total. The molecule has 0 unspecified atom stereocenters. The minimum Gasteiger partial charge on any atom is -0.187 e. The molecule has 0 aliphatic heterocycles. The normalized spacial score (nSPS) is 15.7. The number of hydrogen-bond acceptors (Lipinski definition) is 4. The molecule has 1 aliphatic carbocycles. The van der Waals surface area contributed by atoms with E-state index >= 15 is 0 Å². The molecule has 1 fully saturated rings. The summed E-state index contributed by atoms with van der Waals surface area (Å²) in [5, 5.41) is 14.2. The third-order valence-corrected chi connectivity index (χ3v) is 5.07. The van der Waals surface area contributed by atoms with Crippen LogP contribution in [0.25, 0.3) is 15.5 Å². The van der Waals surface area contributed by atoms with Crippen molar-refractivity contribution >= 4 is 27.9 Å². The molecular formula is C14H13ClN4S. The Morgan fingerprint density at radius 1 is 1.30 bits per heavy atom. The number of nitrogens with zero attached hydrogens (tertiary/aromatic N) is 4. The molecule has 0 saturated heterocycles. The average Bonchev–Trinajstić information content (AvgIpc) is 2.99. The molecule has 6 heteroatoms. The SMILES string of the molecule is ClCc1cccc(-c2nn3c(C4CCC4)nnc3s2)c1. The molecule has 0 spiro atoms. The van der Waals surface area contributed by atoms with E-state index in [4.69, 9.17) is 11.6 Å². The fourth-order valence-electron chi connectivity index (χ4n) is 2.46. The highest BCUT2D eigenvalue weighted by molar-refractivity contribution is 7.19. The first kappa shape index (κ1) is 12.3. The standard InChI is InChI=1S/C14H13ClN4S/c15-8-9-3-1-6-11(7-9)13-18-19-12(10-4-2-5-10)16-17-14(19)20-13/h1,3,6-7,10H,2,4-5,8H2. The van der Waals surface area contributed by atoms with Gasteiger partial charge >= 0.3 is 0 Å². The van der Waals surface area contributed by atoms with E-state index in [1.165, 1.54) is 19.3 Å². The first-order chi connectivity index (χ1) is 9.85. The van der Waals surface area contributed by atoms with Gasteiger partial charge in [-0.15, -0.1) is 21.8 Å². The van der Waals surface area contributed by atoms with E-state index < -0.39 is 0 Å². The van der Waals surface area contributed by atoms with Crippen molar-refractivity contribution in [3.63, 3.8) is 0 Å². The van der Waals surface area contributed by atoms with E-state index in [0.29, 0.717) is 11.8 Å². The van der Waals surface area contributed by atoms with Crippen LogP contribution in [0.2, 0.25) is 0 Å². The van der Waals surface area contributed by atoms with Crippen LogP contribution in [0.1, 0.15) is 36.6 Å². The summed E-state index contributed by atoms with van der Waals surface area (Å²) in [6, 6.07) is 8.19. The minimum atomic E-state index is 0.519. The van der Waals surface area contributed by atoms with Crippen LogP contribution in [0.5, 0.6) is 0 Å². The van der Waals surface area contributed by atoms with Gasteiger partial charge in [0.1, 0.15) is 5.01 Å². The van der Waals surface area contributed by atoms with E-state index in [1.54, 1.807) is 11.3 Å². The highest BCUT2D eigenvalue weighted by Crippen LogP contribution is 2.36. The Hall–Kier alpha value is -1.46. The maximum Gasteiger partial charge on any atom is 0.234 e. The van der Waals surface area contributed by atoms with Crippen LogP contribution in [-0.2, 0) is 5.88 Å². The van der Waals surface area contributed by atoms with Crippen LogP contribution < -0.4 is 0 Å². The molecule has 0 N–H and O–H groups in total. The summed E-state index contributed by atoms with van der Waals surface area (Å²) < 4.78 is 1.91. The Morgan fingerprint density at radius 2 is 2.20 bits per heavy atom. The molecule has 4 rings (SSSR count). The number of aromatic nitrogens is 4. The molecule has 2 aromatic heterocycles. The van der Waals surface area contributed by atoms with Crippen molar-refractivity contribution in [3.05, 3.63) is 35.7 Å². The number of halogens is 1. The fraction of sp³-hybridized carbons (Fsp3) is 0.357. The van der Waals surface area contributed by atoms with Gasteiger partial charge in [0.25, 0.3) is 0 Å². The molecule has 0 amide bonds. The topological polar surface area (TPSA) is 43.1 Å². The van der Waals surface area contributed by atoms with Crippen LogP contribution in [0.15, 0.2) is 24.3 Å².